The number of piperidine rings is 1. The topological polar surface area (TPSA) is 96.8 Å². The first-order chi connectivity index (χ1) is 18.2. The van der Waals surface area contributed by atoms with E-state index >= 15 is 0 Å². The summed E-state index contributed by atoms with van der Waals surface area (Å²) in [7, 11) is -2.26. The molecule has 38 heavy (non-hydrogen) atoms. The number of rotatable bonds is 6. The van der Waals surface area contributed by atoms with Crippen LogP contribution in [0.3, 0.4) is 0 Å². The van der Waals surface area contributed by atoms with Gasteiger partial charge in [0, 0.05) is 35.3 Å². The highest BCUT2D eigenvalue weighted by atomic mass is 35.5. The summed E-state index contributed by atoms with van der Waals surface area (Å²) in [5.41, 5.74) is 0.823. The number of methoxy groups -OCH3 is 1. The number of hydrogen-bond donors (Lipinski definition) is 1. The maximum Gasteiger partial charge on any atom is 0.257 e. The van der Waals surface area contributed by atoms with Crippen LogP contribution in [0.4, 0.5) is 0 Å². The first-order valence-electron chi connectivity index (χ1n) is 12.2. The van der Waals surface area contributed by atoms with Gasteiger partial charge < -0.3 is 14.7 Å². The molecule has 4 aromatic rings. The molecule has 1 aromatic heterocycles. The fraction of sp³-hybridized carbons (Fsp3) is 0.241. The smallest absolute Gasteiger partial charge is 0.257 e. The van der Waals surface area contributed by atoms with Crippen molar-refractivity contribution in [2.24, 2.45) is 0 Å². The van der Waals surface area contributed by atoms with E-state index in [4.69, 9.17) is 16.3 Å². The summed E-state index contributed by atoms with van der Waals surface area (Å²) in [6, 6.07) is 20.7. The molecule has 1 fully saturated rings. The minimum Gasteiger partial charge on any atom is -0.496 e. The first-order valence-corrected chi connectivity index (χ1v) is 14.2. The number of amides is 1. The number of halogens is 1. The van der Waals surface area contributed by atoms with Gasteiger partial charge in [0.25, 0.3) is 5.91 Å². The van der Waals surface area contributed by atoms with E-state index in [1.165, 1.54) is 7.11 Å². The number of benzene rings is 3. The van der Waals surface area contributed by atoms with Crippen LogP contribution in [0.5, 0.6) is 5.75 Å². The number of nitrogens with zero attached hydrogens (tertiary/aromatic N) is 2. The van der Waals surface area contributed by atoms with Gasteiger partial charge in [0.1, 0.15) is 5.75 Å². The Bertz CT molecular complexity index is 1610. The second kappa shape index (κ2) is 10.4. The van der Waals surface area contributed by atoms with Gasteiger partial charge in [-0.1, -0.05) is 54.1 Å². The normalized spacial score (nSPS) is 15.4. The molecule has 1 saturated heterocycles. The molecular formula is C29H27ClN2O5S. The third-order valence-electron chi connectivity index (χ3n) is 7.04. The van der Waals surface area contributed by atoms with Crippen LogP contribution >= 0.6 is 11.6 Å². The molecule has 1 amide bonds. The molecule has 196 valence electrons. The Balaban J connectivity index is 1.34. The highest BCUT2D eigenvalue weighted by molar-refractivity contribution is 7.90. The fourth-order valence-electron chi connectivity index (χ4n) is 4.98. The number of para-hydroxylation sites is 1. The summed E-state index contributed by atoms with van der Waals surface area (Å²) in [6.07, 6.45) is 2.26. The highest BCUT2D eigenvalue weighted by Gasteiger charge is 2.37. The predicted molar refractivity (Wildman–Crippen MR) is 146 cm³/mol. The minimum atomic E-state index is -3.71. The molecule has 0 spiro atoms. The van der Waals surface area contributed by atoms with Crippen LogP contribution in [-0.4, -0.2) is 49.5 Å². The molecule has 1 aliphatic rings. The lowest BCUT2D eigenvalue weighted by atomic mass is 9.84. The van der Waals surface area contributed by atoms with Gasteiger partial charge in [-0.2, -0.15) is 0 Å². The molecular weight excluding hydrogens is 524 g/mol. The zero-order chi connectivity index (χ0) is 26.9. The maximum absolute atomic E-state index is 13.4. The second-order valence-corrected chi connectivity index (χ2v) is 11.8. The summed E-state index contributed by atoms with van der Waals surface area (Å²) in [5, 5.41) is 12.4. The van der Waals surface area contributed by atoms with E-state index in [-0.39, 0.29) is 16.6 Å². The number of aliphatic hydroxyl groups is 1. The molecule has 0 atom stereocenters. The monoisotopic (exact) mass is 550 g/mol. The lowest BCUT2D eigenvalue weighted by Gasteiger charge is -2.39. The van der Waals surface area contributed by atoms with Gasteiger partial charge in [0.05, 0.1) is 34.4 Å². The number of likely N-dealkylation sites (tertiary alicyclic amines) is 1. The Morgan fingerprint density at radius 2 is 1.79 bits per heavy atom. The van der Waals surface area contributed by atoms with Crippen molar-refractivity contribution in [3.63, 3.8) is 0 Å². The number of pyridine rings is 1. The van der Waals surface area contributed by atoms with Gasteiger partial charge in [-0.3, -0.25) is 9.78 Å². The van der Waals surface area contributed by atoms with Crippen LogP contribution in [0, 0.1) is 0 Å². The van der Waals surface area contributed by atoms with Crippen molar-refractivity contribution in [2.45, 2.75) is 29.1 Å². The minimum absolute atomic E-state index is 0.161. The van der Waals surface area contributed by atoms with E-state index in [1.807, 2.05) is 30.3 Å². The lowest BCUT2D eigenvalue weighted by Crippen LogP contribution is -2.45. The van der Waals surface area contributed by atoms with Crippen LogP contribution in [-0.2, 0) is 21.2 Å². The van der Waals surface area contributed by atoms with Gasteiger partial charge in [-0.15, -0.1) is 0 Å². The number of aromatic nitrogens is 1. The highest BCUT2D eigenvalue weighted by Crippen LogP contribution is 2.37. The fourth-order valence-corrected chi connectivity index (χ4v) is 6.82. The number of carbonyl (C=O) groups is 1. The zero-order valence-electron chi connectivity index (χ0n) is 20.8. The largest absolute Gasteiger partial charge is 0.496 e. The van der Waals surface area contributed by atoms with Crippen LogP contribution in [0.1, 0.15) is 34.3 Å². The molecule has 0 saturated carbocycles. The molecule has 2 heterocycles. The summed E-state index contributed by atoms with van der Waals surface area (Å²) >= 11 is 6.31. The van der Waals surface area contributed by atoms with Crippen LogP contribution in [0.25, 0.3) is 10.9 Å². The summed E-state index contributed by atoms with van der Waals surface area (Å²) in [5.74, 6) is -0.205. The zero-order valence-corrected chi connectivity index (χ0v) is 22.4. The number of carbonyl (C=O) groups excluding carboxylic acids is 1. The van der Waals surface area contributed by atoms with E-state index in [2.05, 4.69) is 4.98 Å². The molecule has 3 aromatic carbocycles. The van der Waals surface area contributed by atoms with E-state index in [0.717, 1.165) is 5.39 Å². The van der Waals surface area contributed by atoms with Crippen LogP contribution < -0.4 is 4.74 Å². The van der Waals surface area contributed by atoms with Gasteiger partial charge in [-0.25, -0.2) is 8.42 Å². The average molecular weight is 551 g/mol. The molecule has 0 unspecified atom stereocenters. The van der Waals surface area contributed by atoms with Gasteiger partial charge in [0.15, 0.2) is 9.84 Å². The number of fused-ring (bicyclic) bond motifs is 1. The number of ether oxygens (including phenoxy) is 1. The molecule has 0 aliphatic carbocycles. The van der Waals surface area contributed by atoms with E-state index in [9.17, 15) is 18.3 Å². The lowest BCUT2D eigenvalue weighted by molar-refractivity contribution is -0.0211. The third-order valence-corrected chi connectivity index (χ3v) is 9.08. The SMILES string of the molecule is COc1cc(CS(=O)(=O)c2cccc3cccnc23)ccc1C(=O)N1CCC(O)(c2ccccc2Cl)CC1. The Morgan fingerprint density at radius 1 is 1.05 bits per heavy atom. The number of sulfone groups is 1. The van der Waals surface area contributed by atoms with E-state index < -0.39 is 15.4 Å². The molecule has 1 N–H and O–H groups in total. The molecule has 1 aliphatic heterocycles. The average Bonchev–Trinajstić information content (AvgIpc) is 2.92. The summed E-state index contributed by atoms with van der Waals surface area (Å²) in [4.78, 5) is 19.5. The van der Waals surface area contributed by atoms with Crippen molar-refractivity contribution in [1.29, 1.82) is 0 Å². The summed E-state index contributed by atoms with van der Waals surface area (Å²) < 4.78 is 32.1. The molecule has 7 nitrogen and oxygen atoms in total. The Kier molecular flexibility index (Phi) is 7.13. The Morgan fingerprint density at radius 3 is 2.53 bits per heavy atom. The van der Waals surface area contributed by atoms with Crippen molar-refractivity contribution < 1.29 is 23.1 Å². The number of hydrogen-bond acceptors (Lipinski definition) is 6. The van der Waals surface area contributed by atoms with Crippen LogP contribution in [0.2, 0.25) is 5.02 Å². The molecule has 9 heteroatoms. The molecule has 0 bridgehead atoms. The van der Waals surface area contributed by atoms with Crippen molar-refractivity contribution in [3.05, 3.63) is 101 Å². The quantitative estimate of drug-likeness (QED) is 0.363. The Hall–Kier alpha value is -3.46. The van der Waals surface area contributed by atoms with E-state index in [0.29, 0.717) is 58.9 Å². The summed E-state index contributed by atoms with van der Waals surface area (Å²) in [6.45, 7) is 0.682. The van der Waals surface area contributed by atoms with Gasteiger partial charge in [0.2, 0.25) is 0 Å². The first kappa shape index (κ1) is 26.2. The van der Waals surface area contributed by atoms with Crippen LogP contribution in [0.15, 0.2) is 83.9 Å². The standard InChI is InChI=1S/C29H27ClN2O5S/c1-37-25-18-20(19-38(35,36)26-10-4-6-21-7-5-15-31-27(21)26)11-12-22(25)28(33)32-16-13-29(34,14-17-32)23-8-2-3-9-24(23)30/h2-12,15,18,34H,13-14,16-17,19H2,1H3. The molecule has 5 rings (SSSR count). The van der Waals surface area contributed by atoms with Crippen molar-refractivity contribution >= 4 is 38.2 Å². The third kappa shape index (κ3) is 4.99. The van der Waals surface area contributed by atoms with Crippen molar-refractivity contribution in [3.8, 4) is 5.75 Å². The van der Waals surface area contributed by atoms with Crippen molar-refractivity contribution in [1.82, 2.24) is 9.88 Å². The Labute approximate surface area is 226 Å². The van der Waals surface area contributed by atoms with Gasteiger partial charge in [-0.05, 0) is 48.7 Å². The second-order valence-electron chi connectivity index (χ2n) is 9.43. The van der Waals surface area contributed by atoms with E-state index in [1.54, 1.807) is 53.6 Å². The van der Waals surface area contributed by atoms with Gasteiger partial charge >= 0.3 is 0 Å². The maximum atomic E-state index is 13.4. The predicted octanol–water partition coefficient (Wildman–Crippen LogP) is 4.99. The molecule has 0 radical (unpaired) electrons. The van der Waals surface area contributed by atoms with Crippen molar-refractivity contribution in [2.75, 3.05) is 20.2 Å².